The maximum absolute atomic E-state index is 13.6. The number of anilines is 1. The molecule has 0 radical (unpaired) electrons. The van der Waals surface area contributed by atoms with E-state index in [2.05, 4.69) is 5.32 Å². The van der Waals surface area contributed by atoms with Crippen molar-refractivity contribution in [3.8, 4) is 0 Å². The first-order chi connectivity index (χ1) is 16.6. The van der Waals surface area contributed by atoms with Gasteiger partial charge in [0.2, 0.25) is 21.8 Å². The quantitative estimate of drug-likeness (QED) is 0.453. The predicted octanol–water partition coefficient (Wildman–Crippen LogP) is 3.78. The number of hydrogen-bond donors (Lipinski definition) is 1. The molecule has 0 saturated heterocycles. The summed E-state index contributed by atoms with van der Waals surface area (Å²) in [5.74, 6) is -0.626. The van der Waals surface area contributed by atoms with Gasteiger partial charge in [-0.2, -0.15) is 0 Å². The van der Waals surface area contributed by atoms with Crippen LogP contribution in [0.1, 0.15) is 51.7 Å². The van der Waals surface area contributed by atoms with Crippen LogP contribution in [0.3, 0.4) is 0 Å². The number of benzene rings is 2. The lowest BCUT2D eigenvalue weighted by Gasteiger charge is -2.33. The fourth-order valence-electron chi connectivity index (χ4n) is 3.85. The van der Waals surface area contributed by atoms with Crippen molar-refractivity contribution in [2.75, 3.05) is 23.7 Å². The number of sulfonamides is 1. The van der Waals surface area contributed by atoms with Crippen molar-refractivity contribution in [3.63, 3.8) is 0 Å². The van der Waals surface area contributed by atoms with Gasteiger partial charge in [-0.25, -0.2) is 8.42 Å². The largest absolute Gasteiger partial charge is 0.352 e. The van der Waals surface area contributed by atoms with Gasteiger partial charge in [0.25, 0.3) is 0 Å². The van der Waals surface area contributed by atoms with Crippen LogP contribution < -0.4 is 9.62 Å². The van der Waals surface area contributed by atoms with E-state index in [9.17, 15) is 18.0 Å². The summed E-state index contributed by atoms with van der Waals surface area (Å²) in [6.07, 6.45) is 3.68. The summed E-state index contributed by atoms with van der Waals surface area (Å²) in [5.41, 5.74) is 2.54. The van der Waals surface area contributed by atoms with Crippen molar-refractivity contribution in [2.24, 2.45) is 0 Å². The molecule has 0 aliphatic rings. The van der Waals surface area contributed by atoms with Crippen molar-refractivity contribution in [2.45, 2.75) is 65.5 Å². The van der Waals surface area contributed by atoms with Gasteiger partial charge >= 0.3 is 0 Å². The fraction of sp³-hybridized carbons (Fsp3) is 0.481. The Labute approximate surface area is 210 Å². The van der Waals surface area contributed by atoms with Crippen molar-refractivity contribution in [3.05, 3.63) is 65.7 Å². The van der Waals surface area contributed by atoms with Crippen LogP contribution in [0.5, 0.6) is 0 Å². The monoisotopic (exact) mass is 501 g/mol. The molecule has 0 aromatic heterocycles. The molecule has 0 fully saturated rings. The van der Waals surface area contributed by atoms with E-state index in [1.807, 2.05) is 70.2 Å². The van der Waals surface area contributed by atoms with E-state index in [1.54, 1.807) is 12.1 Å². The second-order valence-electron chi connectivity index (χ2n) is 8.85. The van der Waals surface area contributed by atoms with Crippen LogP contribution in [0.15, 0.2) is 54.6 Å². The van der Waals surface area contributed by atoms with Gasteiger partial charge in [0, 0.05) is 12.6 Å². The van der Waals surface area contributed by atoms with Crippen molar-refractivity contribution < 1.29 is 18.0 Å². The molecule has 0 aliphatic heterocycles. The second-order valence-corrected chi connectivity index (χ2v) is 10.8. The Morgan fingerprint density at radius 1 is 0.914 bits per heavy atom. The van der Waals surface area contributed by atoms with Gasteiger partial charge in [0.1, 0.15) is 12.6 Å². The average molecular weight is 502 g/mol. The molecule has 0 aliphatic carbocycles. The summed E-state index contributed by atoms with van der Waals surface area (Å²) in [6, 6.07) is 16.2. The molecule has 2 unspecified atom stereocenters. The van der Waals surface area contributed by atoms with Gasteiger partial charge in [0.15, 0.2) is 0 Å². The van der Waals surface area contributed by atoms with Crippen LogP contribution in [-0.4, -0.2) is 56.6 Å². The van der Waals surface area contributed by atoms with Gasteiger partial charge < -0.3 is 10.2 Å². The van der Waals surface area contributed by atoms with E-state index in [-0.39, 0.29) is 18.5 Å². The number of carbonyl (C=O) groups is 2. The number of rotatable bonds is 13. The summed E-state index contributed by atoms with van der Waals surface area (Å²) >= 11 is 0. The summed E-state index contributed by atoms with van der Waals surface area (Å²) in [4.78, 5) is 28.2. The van der Waals surface area contributed by atoms with Gasteiger partial charge in [-0.1, -0.05) is 63.2 Å². The fourth-order valence-corrected chi connectivity index (χ4v) is 4.70. The van der Waals surface area contributed by atoms with E-state index in [1.165, 1.54) is 4.90 Å². The Bertz CT molecular complexity index is 1060. The summed E-state index contributed by atoms with van der Waals surface area (Å²) in [7, 11) is -3.72. The van der Waals surface area contributed by atoms with Crippen molar-refractivity contribution in [1.82, 2.24) is 10.2 Å². The van der Waals surface area contributed by atoms with E-state index in [0.29, 0.717) is 25.1 Å². The average Bonchev–Trinajstić information content (AvgIpc) is 2.84. The third-order valence-corrected chi connectivity index (χ3v) is 7.32. The second kappa shape index (κ2) is 13.3. The van der Waals surface area contributed by atoms with Gasteiger partial charge in [0.05, 0.1) is 11.9 Å². The molecule has 0 heterocycles. The molecule has 192 valence electrons. The first kappa shape index (κ1) is 28.4. The maximum Gasteiger partial charge on any atom is 0.244 e. The molecule has 0 spiro atoms. The molecule has 2 rings (SSSR count). The number of aryl methyl sites for hydroxylation is 1. The Hall–Kier alpha value is -2.87. The molecule has 1 N–H and O–H groups in total. The van der Waals surface area contributed by atoms with Gasteiger partial charge in [-0.3, -0.25) is 13.9 Å². The summed E-state index contributed by atoms with van der Waals surface area (Å²) < 4.78 is 26.4. The molecule has 2 aromatic rings. The third kappa shape index (κ3) is 8.38. The normalized spacial score (nSPS) is 13.1. The Morgan fingerprint density at radius 3 is 2.06 bits per heavy atom. The zero-order valence-corrected chi connectivity index (χ0v) is 22.3. The van der Waals surface area contributed by atoms with Crippen molar-refractivity contribution >= 4 is 27.5 Å². The summed E-state index contributed by atoms with van der Waals surface area (Å²) in [6.45, 7) is 7.73. The van der Waals surface area contributed by atoms with Crippen LogP contribution in [0, 0.1) is 0 Å². The van der Waals surface area contributed by atoms with E-state index in [4.69, 9.17) is 0 Å². The number of carbonyl (C=O) groups excluding carboxylic acids is 2. The van der Waals surface area contributed by atoms with Crippen LogP contribution in [0.2, 0.25) is 0 Å². The van der Waals surface area contributed by atoms with Gasteiger partial charge in [-0.05, 0) is 55.9 Å². The highest BCUT2D eigenvalue weighted by Crippen LogP contribution is 2.20. The highest BCUT2D eigenvalue weighted by molar-refractivity contribution is 7.92. The maximum atomic E-state index is 13.6. The highest BCUT2D eigenvalue weighted by atomic mass is 32.2. The molecular formula is C27H39N3O4S. The van der Waals surface area contributed by atoms with Crippen LogP contribution in [-0.2, 0) is 32.5 Å². The third-order valence-electron chi connectivity index (χ3n) is 6.18. The standard InChI is InChI=1S/C27H39N3O4S/c1-6-21(4)28-27(32)25(8-3)29(19-18-23-12-10-9-11-13-23)26(31)20-30(35(5,33)34)24-16-14-22(7-2)15-17-24/h9-17,21,25H,6-8,18-20H2,1-5H3,(H,28,32). The highest BCUT2D eigenvalue weighted by Gasteiger charge is 2.31. The molecule has 0 saturated carbocycles. The molecule has 8 heteroatoms. The smallest absolute Gasteiger partial charge is 0.244 e. The molecular weight excluding hydrogens is 462 g/mol. The Kier molecular flexibility index (Phi) is 10.8. The first-order valence-electron chi connectivity index (χ1n) is 12.3. The minimum absolute atomic E-state index is 0.0211. The number of amides is 2. The Morgan fingerprint density at radius 2 is 1.54 bits per heavy atom. The zero-order chi connectivity index (χ0) is 26.0. The molecule has 2 amide bonds. The van der Waals surface area contributed by atoms with E-state index >= 15 is 0 Å². The van der Waals surface area contributed by atoms with Gasteiger partial charge in [-0.15, -0.1) is 0 Å². The zero-order valence-electron chi connectivity index (χ0n) is 21.5. The topological polar surface area (TPSA) is 86.8 Å². The lowest BCUT2D eigenvalue weighted by molar-refractivity contribution is -0.139. The molecule has 0 bridgehead atoms. The van der Waals surface area contributed by atoms with Crippen LogP contribution >= 0.6 is 0 Å². The minimum atomic E-state index is -3.72. The number of nitrogens with one attached hydrogen (secondary N) is 1. The van der Waals surface area contributed by atoms with E-state index in [0.717, 1.165) is 34.5 Å². The van der Waals surface area contributed by atoms with Crippen LogP contribution in [0.25, 0.3) is 0 Å². The lowest BCUT2D eigenvalue weighted by atomic mass is 10.1. The molecule has 7 nitrogen and oxygen atoms in total. The Balaban J connectivity index is 2.35. The number of nitrogens with zero attached hydrogens (tertiary/aromatic N) is 2. The van der Waals surface area contributed by atoms with E-state index < -0.39 is 22.0 Å². The lowest BCUT2D eigenvalue weighted by Crippen LogP contribution is -2.54. The SMILES string of the molecule is CCc1ccc(N(CC(=O)N(CCc2ccccc2)C(CC)C(=O)NC(C)CC)S(C)(=O)=O)cc1. The van der Waals surface area contributed by atoms with Crippen LogP contribution in [0.4, 0.5) is 5.69 Å². The molecule has 35 heavy (non-hydrogen) atoms. The predicted molar refractivity (Wildman–Crippen MR) is 142 cm³/mol. The number of hydrogen-bond acceptors (Lipinski definition) is 4. The molecule has 2 aromatic carbocycles. The summed E-state index contributed by atoms with van der Waals surface area (Å²) in [5, 5.41) is 2.98. The first-order valence-corrected chi connectivity index (χ1v) is 14.2. The molecule has 2 atom stereocenters. The van der Waals surface area contributed by atoms with Crippen molar-refractivity contribution in [1.29, 1.82) is 0 Å². The minimum Gasteiger partial charge on any atom is -0.352 e.